The van der Waals surface area contributed by atoms with Crippen LogP contribution in [-0.4, -0.2) is 45.1 Å². The highest BCUT2D eigenvalue weighted by atomic mass is 32.2. The second kappa shape index (κ2) is 11.3. The first-order chi connectivity index (χ1) is 18.0. The van der Waals surface area contributed by atoms with Crippen LogP contribution in [0.4, 0.5) is 4.39 Å². The van der Waals surface area contributed by atoms with Gasteiger partial charge in [-0.15, -0.1) is 0 Å². The summed E-state index contributed by atoms with van der Waals surface area (Å²) >= 11 is 1.43. The van der Waals surface area contributed by atoms with Crippen molar-refractivity contribution in [2.24, 2.45) is 0 Å². The van der Waals surface area contributed by atoms with E-state index < -0.39 is 5.82 Å². The maximum absolute atomic E-state index is 13.9. The lowest BCUT2D eigenvalue weighted by molar-refractivity contribution is 0.0947. The molecule has 2 N–H and O–H groups in total. The van der Waals surface area contributed by atoms with E-state index in [0.29, 0.717) is 10.5 Å². The lowest BCUT2D eigenvalue weighted by Crippen LogP contribution is -2.26. The molecule has 1 saturated carbocycles. The van der Waals surface area contributed by atoms with Gasteiger partial charge in [0.2, 0.25) is 0 Å². The molecule has 0 saturated heterocycles. The van der Waals surface area contributed by atoms with Crippen LogP contribution in [-0.2, 0) is 6.54 Å². The van der Waals surface area contributed by atoms with Gasteiger partial charge in [0.05, 0.1) is 22.5 Å². The summed E-state index contributed by atoms with van der Waals surface area (Å²) in [6.45, 7) is 7.27. The minimum atomic E-state index is -0.418. The lowest BCUT2D eigenvalue weighted by atomic mass is 10.2. The predicted molar refractivity (Wildman–Crippen MR) is 147 cm³/mol. The number of nitrogens with one attached hydrogen (secondary N) is 2. The van der Waals surface area contributed by atoms with Crippen molar-refractivity contribution in [2.45, 2.75) is 49.1 Å². The first kappa shape index (κ1) is 25.2. The van der Waals surface area contributed by atoms with Gasteiger partial charge in [-0.25, -0.2) is 4.39 Å². The maximum Gasteiger partial charge on any atom is 0.252 e. The third-order valence-electron chi connectivity index (χ3n) is 6.45. The summed E-state index contributed by atoms with van der Waals surface area (Å²) in [6, 6.07) is 14.7. The Morgan fingerprint density at radius 3 is 2.70 bits per heavy atom. The number of amides is 1. The van der Waals surface area contributed by atoms with Crippen molar-refractivity contribution in [1.82, 2.24) is 25.4 Å². The number of aromatic amines is 1. The number of fused-ring (bicyclic) bond motifs is 1. The Morgan fingerprint density at radius 2 is 1.97 bits per heavy atom. The summed E-state index contributed by atoms with van der Waals surface area (Å²) in [5.41, 5.74) is 4.15. The van der Waals surface area contributed by atoms with E-state index in [0.717, 1.165) is 59.7 Å². The second-order valence-corrected chi connectivity index (χ2v) is 10.3. The monoisotopic (exact) mass is 515 g/mol. The Morgan fingerprint density at radius 1 is 1.14 bits per heavy atom. The van der Waals surface area contributed by atoms with Crippen LogP contribution in [0.2, 0.25) is 0 Å². The van der Waals surface area contributed by atoms with E-state index in [9.17, 15) is 9.18 Å². The number of nitrogens with zero attached hydrogens (tertiary/aromatic N) is 3. The zero-order valence-corrected chi connectivity index (χ0v) is 21.8. The van der Waals surface area contributed by atoms with Crippen molar-refractivity contribution in [1.29, 1.82) is 0 Å². The van der Waals surface area contributed by atoms with Gasteiger partial charge in [0.25, 0.3) is 5.91 Å². The van der Waals surface area contributed by atoms with Crippen LogP contribution in [0.15, 0.2) is 64.5 Å². The van der Waals surface area contributed by atoms with E-state index >= 15 is 0 Å². The number of aromatic nitrogens is 3. The van der Waals surface area contributed by atoms with Crippen molar-refractivity contribution in [3.05, 3.63) is 83.1 Å². The molecule has 0 spiro atoms. The lowest BCUT2D eigenvalue weighted by Gasteiger charge is -2.17. The smallest absolute Gasteiger partial charge is 0.252 e. The molecule has 190 valence electrons. The molecule has 2 aromatic heterocycles. The summed E-state index contributed by atoms with van der Waals surface area (Å²) in [5, 5.41) is 11.5. The van der Waals surface area contributed by atoms with Gasteiger partial charge in [-0.3, -0.25) is 19.8 Å². The van der Waals surface area contributed by atoms with E-state index in [2.05, 4.69) is 45.3 Å². The van der Waals surface area contributed by atoms with Gasteiger partial charge >= 0.3 is 0 Å². The summed E-state index contributed by atoms with van der Waals surface area (Å²) in [6.07, 6.45) is 7.81. The zero-order valence-electron chi connectivity index (χ0n) is 21.0. The standard InChI is InChI=1S/C29H30FN5OS/c1-3-35(4-2)18-19-5-7-21(31-17-19)10-13-26-24-12-11-23(16-27(24)34-33-26)37-28-14-6-20(30)15-25(28)29(36)32-22-8-9-22/h5-7,10-17,22H,3-4,8-9,18H2,1-2H3,(H,32,36)(H,33,34)/b13-10+. The Labute approximate surface area is 220 Å². The van der Waals surface area contributed by atoms with Crippen molar-refractivity contribution < 1.29 is 9.18 Å². The molecule has 5 rings (SSSR count). The minimum Gasteiger partial charge on any atom is -0.349 e. The molecule has 0 bridgehead atoms. The molecule has 1 amide bonds. The first-order valence-corrected chi connectivity index (χ1v) is 13.5. The Hall–Kier alpha value is -3.49. The molecular weight excluding hydrogens is 485 g/mol. The quantitative estimate of drug-likeness (QED) is 0.265. The molecule has 1 aliphatic rings. The molecule has 6 nitrogen and oxygen atoms in total. The molecule has 0 radical (unpaired) electrons. The van der Waals surface area contributed by atoms with Crippen LogP contribution >= 0.6 is 11.8 Å². The third kappa shape index (κ3) is 6.26. The highest BCUT2D eigenvalue weighted by Gasteiger charge is 2.25. The molecular formula is C29H30FN5OS. The van der Waals surface area contributed by atoms with E-state index in [1.54, 1.807) is 6.07 Å². The molecule has 1 aliphatic carbocycles. The fourth-order valence-electron chi connectivity index (χ4n) is 4.09. The summed E-state index contributed by atoms with van der Waals surface area (Å²) in [7, 11) is 0. The van der Waals surface area contributed by atoms with Gasteiger partial charge in [0.15, 0.2) is 0 Å². The van der Waals surface area contributed by atoms with Crippen molar-refractivity contribution in [3.63, 3.8) is 0 Å². The maximum atomic E-state index is 13.9. The molecule has 1 fully saturated rings. The van der Waals surface area contributed by atoms with Crippen LogP contribution in [0.5, 0.6) is 0 Å². The fourth-order valence-corrected chi connectivity index (χ4v) is 5.06. The SMILES string of the molecule is CCN(CC)Cc1ccc(/C=C/c2n[nH]c3cc(Sc4ccc(F)cc4C(=O)NC4CC4)ccc23)nc1. The van der Waals surface area contributed by atoms with Gasteiger partial charge in [-0.1, -0.05) is 31.7 Å². The largest absolute Gasteiger partial charge is 0.349 e. The highest BCUT2D eigenvalue weighted by molar-refractivity contribution is 7.99. The molecule has 0 aliphatic heterocycles. The van der Waals surface area contributed by atoms with E-state index in [-0.39, 0.29) is 11.9 Å². The first-order valence-electron chi connectivity index (χ1n) is 12.6. The molecule has 8 heteroatoms. The third-order valence-corrected chi connectivity index (χ3v) is 7.52. The summed E-state index contributed by atoms with van der Waals surface area (Å²) in [5.74, 6) is -0.645. The highest BCUT2D eigenvalue weighted by Crippen LogP contribution is 2.34. The number of carbonyl (C=O) groups is 1. The molecule has 2 heterocycles. The number of benzene rings is 2. The van der Waals surface area contributed by atoms with Gasteiger partial charge in [0.1, 0.15) is 5.82 Å². The van der Waals surface area contributed by atoms with Crippen molar-refractivity contribution in [3.8, 4) is 0 Å². The van der Waals surface area contributed by atoms with Crippen LogP contribution in [0, 0.1) is 5.82 Å². The second-order valence-electron chi connectivity index (χ2n) is 9.19. The Kier molecular flexibility index (Phi) is 7.67. The number of hydrogen-bond acceptors (Lipinski definition) is 5. The molecule has 0 unspecified atom stereocenters. The van der Waals surface area contributed by atoms with E-state index in [1.165, 1.54) is 29.5 Å². The molecule has 2 aromatic carbocycles. The predicted octanol–water partition coefficient (Wildman–Crippen LogP) is 6.15. The topological polar surface area (TPSA) is 73.9 Å². The van der Waals surface area contributed by atoms with Crippen molar-refractivity contribution >= 4 is 40.7 Å². The average molecular weight is 516 g/mol. The van der Waals surface area contributed by atoms with Crippen LogP contribution in [0.3, 0.4) is 0 Å². The molecule has 4 aromatic rings. The molecule has 37 heavy (non-hydrogen) atoms. The Balaban J connectivity index is 1.30. The number of hydrogen-bond donors (Lipinski definition) is 2. The number of pyridine rings is 1. The number of rotatable bonds is 10. The van der Waals surface area contributed by atoms with Crippen LogP contribution < -0.4 is 5.32 Å². The number of halogens is 1. The fraction of sp³-hybridized carbons (Fsp3) is 0.276. The van der Waals surface area contributed by atoms with Crippen molar-refractivity contribution in [2.75, 3.05) is 13.1 Å². The Bertz CT molecular complexity index is 1420. The zero-order chi connectivity index (χ0) is 25.8. The van der Waals surface area contributed by atoms with Crippen LogP contribution in [0.25, 0.3) is 23.1 Å². The number of carbonyl (C=O) groups excluding carboxylic acids is 1. The summed E-state index contributed by atoms with van der Waals surface area (Å²) < 4.78 is 13.9. The van der Waals surface area contributed by atoms with E-state index in [1.807, 2.05) is 42.6 Å². The number of H-pyrrole nitrogens is 1. The van der Waals surface area contributed by atoms with Gasteiger partial charge in [0, 0.05) is 34.0 Å². The van der Waals surface area contributed by atoms with Crippen LogP contribution in [0.1, 0.15) is 54.0 Å². The molecule has 0 atom stereocenters. The van der Waals surface area contributed by atoms with Gasteiger partial charge in [-0.2, -0.15) is 5.10 Å². The minimum absolute atomic E-state index is 0.210. The van der Waals surface area contributed by atoms with Gasteiger partial charge < -0.3 is 5.32 Å². The normalized spacial score (nSPS) is 13.6. The summed E-state index contributed by atoms with van der Waals surface area (Å²) in [4.78, 5) is 21.2. The average Bonchev–Trinajstić information content (AvgIpc) is 3.64. The van der Waals surface area contributed by atoms with E-state index in [4.69, 9.17) is 0 Å². The van der Waals surface area contributed by atoms with Gasteiger partial charge in [-0.05, 0) is 86.1 Å².